The van der Waals surface area contributed by atoms with Crippen molar-refractivity contribution in [1.82, 2.24) is 0 Å². The van der Waals surface area contributed by atoms with Crippen LogP contribution >= 0.6 is 0 Å². The molecular formula is C18H21NO3S. The zero-order chi connectivity index (χ0) is 17.0. The Hall–Kier alpha value is -2.14. The Morgan fingerprint density at radius 1 is 1.04 bits per heavy atom. The van der Waals surface area contributed by atoms with Gasteiger partial charge in [0.15, 0.2) is 9.84 Å². The van der Waals surface area contributed by atoms with E-state index < -0.39 is 9.84 Å². The van der Waals surface area contributed by atoms with Crippen molar-refractivity contribution in [2.75, 3.05) is 13.0 Å². The molecule has 0 atom stereocenters. The summed E-state index contributed by atoms with van der Waals surface area (Å²) in [5.74, 6) is 0.467. The Labute approximate surface area is 137 Å². The van der Waals surface area contributed by atoms with Crippen molar-refractivity contribution >= 4 is 15.5 Å². The molecule has 122 valence electrons. The number of nitrogens with zero attached hydrogens (tertiary/aromatic N) is 1. The lowest BCUT2D eigenvalue weighted by atomic mass is 10.1. The maximum atomic E-state index is 12.3. The fourth-order valence-electron chi connectivity index (χ4n) is 2.17. The molecule has 2 aromatic carbocycles. The van der Waals surface area contributed by atoms with Gasteiger partial charge in [-0.2, -0.15) is 0 Å². The number of hydrogen-bond acceptors (Lipinski definition) is 4. The van der Waals surface area contributed by atoms with Crippen LogP contribution in [0, 0.1) is 13.8 Å². The SMILES string of the molecule is COc1cc(C)cc(/C(C)=N/CS(=O)(=O)c2ccc(C)cc2)c1. The first kappa shape index (κ1) is 17.2. The summed E-state index contributed by atoms with van der Waals surface area (Å²) >= 11 is 0. The highest BCUT2D eigenvalue weighted by Crippen LogP contribution is 2.18. The molecule has 2 rings (SSSR count). The maximum Gasteiger partial charge on any atom is 0.198 e. The Morgan fingerprint density at radius 2 is 1.70 bits per heavy atom. The predicted octanol–water partition coefficient (Wildman–Crippen LogP) is 3.55. The van der Waals surface area contributed by atoms with E-state index in [1.54, 1.807) is 38.3 Å². The Kier molecular flexibility index (Phi) is 5.21. The van der Waals surface area contributed by atoms with Crippen molar-refractivity contribution < 1.29 is 13.2 Å². The largest absolute Gasteiger partial charge is 0.497 e. The van der Waals surface area contributed by atoms with Gasteiger partial charge in [0.2, 0.25) is 0 Å². The fraction of sp³-hybridized carbons (Fsp3) is 0.278. The van der Waals surface area contributed by atoms with E-state index in [4.69, 9.17) is 4.74 Å². The summed E-state index contributed by atoms with van der Waals surface area (Å²) in [5.41, 5.74) is 3.59. The lowest BCUT2D eigenvalue weighted by Crippen LogP contribution is -2.07. The van der Waals surface area contributed by atoms with Crippen LogP contribution < -0.4 is 4.74 Å². The Bertz CT molecular complexity index is 822. The second-order valence-electron chi connectivity index (χ2n) is 5.54. The van der Waals surface area contributed by atoms with Crippen LogP contribution in [0.4, 0.5) is 0 Å². The maximum absolute atomic E-state index is 12.3. The number of benzene rings is 2. The highest BCUT2D eigenvalue weighted by Gasteiger charge is 2.13. The number of sulfone groups is 1. The van der Waals surface area contributed by atoms with Crippen LogP contribution in [-0.2, 0) is 9.84 Å². The number of methoxy groups -OCH3 is 1. The van der Waals surface area contributed by atoms with Gasteiger partial charge in [0.25, 0.3) is 0 Å². The molecule has 0 aliphatic heterocycles. The molecule has 0 amide bonds. The van der Waals surface area contributed by atoms with Gasteiger partial charge in [-0.15, -0.1) is 0 Å². The van der Waals surface area contributed by atoms with Crippen molar-refractivity contribution in [3.63, 3.8) is 0 Å². The average molecular weight is 331 g/mol. The van der Waals surface area contributed by atoms with Gasteiger partial charge in [-0.05, 0) is 62.2 Å². The van der Waals surface area contributed by atoms with Crippen molar-refractivity contribution in [2.45, 2.75) is 25.7 Å². The molecule has 0 saturated heterocycles. The monoisotopic (exact) mass is 331 g/mol. The minimum absolute atomic E-state index is 0.266. The highest BCUT2D eigenvalue weighted by molar-refractivity contribution is 7.91. The first-order valence-electron chi connectivity index (χ1n) is 7.28. The van der Waals surface area contributed by atoms with Gasteiger partial charge < -0.3 is 4.74 Å². The van der Waals surface area contributed by atoms with E-state index in [9.17, 15) is 8.42 Å². The molecule has 0 fully saturated rings. The van der Waals surface area contributed by atoms with Crippen LogP contribution in [0.2, 0.25) is 0 Å². The van der Waals surface area contributed by atoms with E-state index in [0.717, 1.165) is 22.4 Å². The molecule has 0 aromatic heterocycles. The third kappa shape index (κ3) is 4.42. The Morgan fingerprint density at radius 3 is 2.30 bits per heavy atom. The standard InChI is InChI=1S/C18H21NO3S/c1-13-5-7-18(8-6-13)23(20,21)12-19-15(3)16-9-14(2)10-17(11-16)22-4/h5-11H,12H2,1-4H3/b19-15+. The number of ether oxygens (including phenoxy) is 1. The number of rotatable bonds is 5. The molecule has 0 N–H and O–H groups in total. The van der Waals surface area contributed by atoms with Gasteiger partial charge in [0.05, 0.1) is 12.0 Å². The Balaban J connectivity index is 2.25. The lowest BCUT2D eigenvalue weighted by Gasteiger charge is -2.07. The van der Waals surface area contributed by atoms with Gasteiger partial charge in [-0.1, -0.05) is 17.7 Å². The van der Waals surface area contributed by atoms with Crippen molar-refractivity contribution in [2.24, 2.45) is 4.99 Å². The van der Waals surface area contributed by atoms with Gasteiger partial charge in [-0.3, -0.25) is 4.99 Å². The number of aryl methyl sites for hydroxylation is 2. The van der Waals surface area contributed by atoms with E-state index in [0.29, 0.717) is 10.6 Å². The first-order chi connectivity index (χ1) is 10.8. The zero-order valence-corrected chi connectivity index (χ0v) is 14.6. The summed E-state index contributed by atoms with van der Waals surface area (Å²) in [4.78, 5) is 4.55. The smallest absolute Gasteiger partial charge is 0.198 e. The number of aliphatic imine (C=N–C) groups is 1. The summed E-state index contributed by atoms with van der Waals surface area (Å²) < 4.78 is 29.9. The van der Waals surface area contributed by atoms with E-state index in [2.05, 4.69) is 4.99 Å². The molecule has 0 radical (unpaired) electrons. The molecule has 0 aliphatic rings. The van der Waals surface area contributed by atoms with Crippen LogP contribution in [0.1, 0.15) is 23.6 Å². The molecule has 0 bridgehead atoms. The molecule has 2 aromatic rings. The topological polar surface area (TPSA) is 55.7 Å². The van der Waals surface area contributed by atoms with E-state index in [1.807, 2.05) is 32.0 Å². The van der Waals surface area contributed by atoms with Crippen molar-refractivity contribution in [3.05, 3.63) is 59.2 Å². The highest BCUT2D eigenvalue weighted by atomic mass is 32.2. The second-order valence-corrected chi connectivity index (χ2v) is 7.50. The van der Waals surface area contributed by atoms with Crippen molar-refractivity contribution in [3.8, 4) is 5.75 Å². The summed E-state index contributed by atoms with van der Waals surface area (Å²) in [5, 5.41) is 0. The molecule has 4 nitrogen and oxygen atoms in total. The average Bonchev–Trinajstić information content (AvgIpc) is 2.52. The van der Waals surface area contributed by atoms with Gasteiger partial charge in [0, 0.05) is 5.71 Å². The minimum Gasteiger partial charge on any atom is -0.497 e. The second kappa shape index (κ2) is 6.96. The molecule has 0 aliphatic carbocycles. The summed E-state index contributed by atoms with van der Waals surface area (Å²) in [7, 11) is -1.82. The third-order valence-corrected chi connectivity index (χ3v) is 5.02. The zero-order valence-electron chi connectivity index (χ0n) is 13.8. The molecule has 0 saturated carbocycles. The molecule has 0 unspecified atom stereocenters. The molecular weight excluding hydrogens is 310 g/mol. The van der Waals surface area contributed by atoms with Crippen LogP contribution in [0.15, 0.2) is 52.4 Å². The normalized spacial score (nSPS) is 12.3. The van der Waals surface area contributed by atoms with E-state index >= 15 is 0 Å². The molecule has 23 heavy (non-hydrogen) atoms. The van der Waals surface area contributed by atoms with E-state index in [-0.39, 0.29) is 5.88 Å². The first-order valence-corrected chi connectivity index (χ1v) is 8.93. The van der Waals surface area contributed by atoms with E-state index in [1.165, 1.54) is 0 Å². The third-order valence-electron chi connectivity index (χ3n) is 3.56. The van der Waals surface area contributed by atoms with Gasteiger partial charge >= 0.3 is 0 Å². The summed E-state index contributed by atoms with van der Waals surface area (Å²) in [6.45, 7) is 5.69. The molecule has 5 heteroatoms. The van der Waals surface area contributed by atoms with Crippen molar-refractivity contribution in [1.29, 1.82) is 0 Å². The number of hydrogen-bond donors (Lipinski definition) is 0. The summed E-state index contributed by atoms with van der Waals surface area (Å²) in [6.07, 6.45) is 0. The molecule has 0 heterocycles. The van der Waals surface area contributed by atoms with Gasteiger partial charge in [-0.25, -0.2) is 8.42 Å². The van der Waals surface area contributed by atoms with Crippen LogP contribution in [0.5, 0.6) is 5.75 Å². The fourth-order valence-corrected chi connectivity index (χ4v) is 3.23. The molecule has 0 spiro atoms. The summed E-state index contributed by atoms with van der Waals surface area (Å²) in [6, 6.07) is 12.5. The van der Waals surface area contributed by atoms with Crippen LogP contribution in [0.3, 0.4) is 0 Å². The quantitative estimate of drug-likeness (QED) is 0.787. The predicted molar refractivity (Wildman–Crippen MR) is 93.2 cm³/mol. The van der Waals surface area contributed by atoms with Gasteiger partial charge in [0.1, 0.15) is 11.6 Å². The minimum atomic E-state index is -3.42. The van der Waals surface area contributed by atoms with Crippen LogP contribution in [0.25, 0.3) is 0 Å². The lowest BCUT2D eigenvalue weighted by molar-refractivity contribution is 0.414. The van der Waals surface area contributed by atoms with Crippen LogP contribution in [-0.4, -0.2) is 27.1 Å².